The van der Waals surface area contributed by atoms with Crippen molar-refractivity contribution in [2.75, 3.05) is 6.54 Å². The molecule has 13 nitrogen and oxygen atoms in total. The van der Waals surface area contributed by atoms with E-state index in [1.54, 1.807) is 0 Å². The molecule has 13 heteroatoms. The molecule has 1 aromatic rings. The Balaban J connectivity index is 2.20. The van der Waals surface area contributed by atoms with Crippen molar-refractivity contribution in [3.8, 4) is 0 Å². The standard InChI is InChI=1S/C21H32N6O7/c1-11(2)6-13(22)18(30)25-14(7-12-9-23-10-24-12)19(31)26-15(8-17(28)29)20(32)27-5-3-4-16(27)21(33)34/h9-11,13-16H,3-8,22H2,1-2H3,(H,23,24)(H,25,30)(H,26,31)(H,28,29)(H,33,34). The second-order valence-corrected chi connectivity index (χ2v) is 8.77. The average molecular weight is 481 g/mol. The zero-order chi connectivity index (χ0) is 25.4. The predicted molar refractivity (Wildman–Crippen MR) is 118 cm³/mol. The van der Waals surface area contributed by atoms with Crippen molar-refractivity contribution in [2.45, 2.75) is 70.1 Å². The average Bonchev–Trinajstić information content (AvgIpc) is 3.43. The topological polar surface area (TPSA) is 208 Å². The third kappa shape index (κ3) is 7.54. The lowest BCUT2D eigenvalue weighted by molar-refractivity contribution is -0.150. The molecule has 0 aromatic carbocycles. The van der Waals surface area contributed by atoms with Gasteiger partial charge in [-0.1, -0.05) is 13.8 Å². The number of rotatable bonds is 12. The maximum atomic E-state index is 13.1. The van der Waals surface area contributed by atoms with Crippen LogP contribution >= 0.6 is 0 Å². The summed E-state index contributed by atoms with van der Waals surface area (Å²) in [5.74, 6) is -4.58. The van der Waals surface area contributed by atoms with Gasteiger partial charge >= 0.3 is 11.9 Å². The number of hydrogen-bond acceptors (Lipinski definition) is 7. The smallest absolute Gasteiger partial charge is 0.326 e. The minimum Gasteiger partial charge on any atom is -0.481 e. The summed E-state index contributed by atoms with van der Waals surface area (Å²) < 4.78 is 0. The number of carbonyl (C=O) groups is 5. The third-order valence-corrected chi connectivity index (χ3v) is 5.49. The van der Waals surface area contributed by atoms with E-state index in [0.29, 0.717) is 18.5 Å². The van der Waals surface area contributed by atoms with Crippen LogP contribution in [0.1, 0.15) is 45.2 Å². The van der Waals surface area contributed by atoms with Gasteiger partial charge in [-0.15, -0.1) is 0 Å². The second kappa shape index (κ2) is 12.1. The Labute approximate surface area is 196 Å². The molecule has 188 valence electrons. The molecule has 4 unspecified atom stereocenters. The van der Waals surface area contributed by atoms with Crippen molar-refractivity contribution in [3.05, 3.63) is 18.2 Å². The number of amides is 3. The number of aliphatic carboxylic acids is 2. The number of aromatic amines is 1. The molecule has 1 saturated heterocycles. The second-order valence-electron chi connectivity index (χ2n) is 8.77. The number of nitrogens with zero attached hydrogens (tertiary/aromatic N) is 2. The highest BCUT2D eigenvalue weighted by Gasteiger charge is 2.39. The number of likely N-dealkylation sites (tertiary alicyclic amines) is 1. The van der Waals surface area contributed by atoms with Gasteiger partial charge in [0.05, 0.1) is 18.8 Å². The Morgan fingerprint density at radius 1 is 1.18 bits per heavy atom. The van der Waals surface area contributed by atoms with Gasteiger partial charge in [0, 0.05) is 24.9 Å². The highest BCUT2D eigenvalue weighted by molar-refractivity contribution is 5.95. The van der Waals surface area contributed by atoms with Crippen LogP contribution < -0.4 is 16.4 Å². The van der Waals surface area contributed by atoms with E-state index in [-0.39, 0.29) is 25.3 Å². The van der Waals surface area contributed by atoms with Gasteiger partial charge in [-0.05, 0) is 25.2 Å². The molecule has 34 heavy (non-hydrogen) atoms. The number of carbonyl (C=O) groups excluding carboxylic acids is 3. The van der Waals surface area contributed by atoms with E-state index in [1.807, 2.05) is 13.8 Å². The number of imidazole rings is 1. The van der Waals surface area contributed by atoms with Crippen molar-refractivity contribution in [1.29, 1.82) is 0 Å². The molecule has 1 aliphatic rings. The first-order chi connectivity index (χ1) is 16.0. The maximum Gasteiger partial charge on any atom is 0.326 e. The molecule has 4 atom stereocenters. The van der Waals surface area contributed by atoms with Crippen LogP contribution in [-0.4, -0.2) is 85.5 Å². The molecule has 0 radical (unpaired) electrons. The third-order valence-electron chi connectivity index (χ3n) is 5.49. The molecule has 1 fully saturated rings. The van der Waals surface area contributed by atoms with Gasteiger partial charge in [-0.25, -0.2) is 9.78 Å². The maximum absolute atomic E-state index is 13.1. The van der Waals surface area contributed by atoms with Gasteiger partial charge in [0.2, 0.25) is 17.7 Å². The Kier molecular flexibility index (Phi) is 9.54. The van der Waals surface area contributed by atoms with E-state index in [1.165, 1.54) is 12.5 Å². The first-order valence-corrected chi connectivity index (χ1v) is 11.1. The highest BCUT2D eigenvalue weighted by Crippen LogP contribution is 2.19. The molecule has 7 N–H and O–H groups in total. The van der Waals surface area contributed by atoms with Crippen molar-refractivity contribution in [1.82, 2.24) is 25.5 Å². The van der Waals surface area contributed by atoms with Crippen LogP contribution in [0.3, 0.4) is 0 Å². The zero-order valence-electron chi connectivity index (χ0n) is 19.2. The fraction of sp³-hybridized carbons (Fsp3) is 0.619. The van der Waals surface area contributed by atoms with Crippen molar-refractivity contribution < 1.29 is 34.2 Å². The Hall–Kier alpha value is -3.48. The summed E-state index contributed by atoms with van der Waals surface area (Å²) >= 11 is 0. The number of aromatic nitrogens is 2. The van der Waals surface area contributed by atoms with E-state index < -0.39 is 60.2 Å². The van der Waals surface area contributed by atoms with Crippen LogP contribution in [0.2, 0.25) is 0 Å². The van der Waals surface area contributed by atoms with Gasteiger partial charge in [0.15, 0.2) is 0 Å². The summed E-state index contributed by atoms with van der Waals surface area (Å²) in [6, 6.07) is -4.63. The number of H-pyrrole nitrogens is 1. The number of carboxylic acids is 2. The van der Waals surface area contributed by atoms with Crippen LogP contribution in [0.25, 0.3) is 0 Å². The van der Waals surface area contributed by atoms with Gasteiger partial charge < -0.3 is 36.5 Å². The molecule has 1 aliphatic heterocycles. The lowest BCUT2D eigenvalue weighted by atomic mass is 10.0. The fourth-order valence-electron chi connectivity index (χ4n) is 3.85. The molecule has 0 aliphatic carbocycles. The summed E-state index contributed by atoms with van der Waals surface area (Å²) in [7, 11) is 0. The molecule has 3 amide bonds. The molecule has 0 spiro atoms. The van der Waals surface area contributed by atoms with Crippen LogP contribution in [0, 0.1) is 5.92 Å². The summed E-state index contributed by atoms with van der Waals surface area (Å²) in [5, 5.41) is 23.6. The first kappa shape index (κ1) is 26.8. The molecule has 2 heterocycles. The van der Waals surface area contributed by atoms with Gasteiger partial charge in [0.1, 0.15) is 18.1 Å². The summed E-state index contributed by atoms with van der Waals surface area (Å²) in [6.07, 6.45) is 3.17. The van der Waals surface area contributed by atoms with Crippen LogP contribution in [-0.2, 0) is 30.4 Å². The number of carboxylic acid groups (broad SMARTS) is 2. The summed E-state index contributed by atoms with van der Waals surface area (Å²) in [5.41, 5.74) is 6.44. The van der Waals surface area contributed by atoms with Crippen LogP contribution in [0.15, 0.2) is 12.5 Å². The largest absolute Gasteiger partial charge is 0.481 e. The predicted octanol–water partition coefficient (Wildman–Crippen LogP) is -1.15. The lowest BCUT2D eigenvalue weighted by Crippen LogP contribution is -2.58. The molecule has 0 bridgehead atoms. The van der Waals surface area contributed by atoms with Gasteiger partial charge in [0.25, 0.3) is 0 Å². The SMILES string of the molecule is CC(C)CC(N)C(=O)NC(Cc1cnc[nH]1)C(=O)NC(CC(=O)O)C(=O)N1CCCC1C(=O)O. The van der Waals surface area contributed by atoms with E-state index in [9.17, 15) is 34.2 Å². The van der Waals surface area contributed by atoms with E-state index in [0.717, 1.165) is 4.90 Å². The van der Waals surface area contributed by atoms with Gasteiger partial charge in [-0.3, -0.25) is 19.2 Å². The molecule has 1 aromatic heterocycles. The van der Waals surface area contributed by atoms with Crippen molar-refractivity contribution in [2.24, 2.45) is 11.7 Å². The highest BCUT2D eigenvalue weighted by atomic mass is 16.4. The first-order valence-electron chi connectivity index (χ1n) is 11.1. The van der Waals surface area contributed by atoms with E-state index in [2.05, 4.69) is 20.6 Å². The van der Waals surface area contributed by atoms with Gasteiger partial charge in [-0.2, -0.15) is 0 Å². The Morgan fingerprint density at radius 2 is 1.85 bits per heavy atom. The Morgan fingerprint density at radius 3 is 2.41 bits per heavy atom. The van der Waals surface area contributed by atoms with Crippen molar-refractivity contribution >= 4 is 29.7 Å². The quantitative estimate of drug-likeness (QED) is 0.213. The Bertz CT molecular complexity index is 888. The van der Waals surface area contributed by atoms with Crippen LogP contribution in [0.4, 0.5) is 0 Å². The molecule has 2 rings (SSSR count). The summed E-state index contributed by atoms with van der Waals surface area (Å²) in [6.45, 7) is 3.93. The monoisotopic (exact) mass is 480 g/mol. The number of hydrogen-bond donors (Lipinski definition) is 6. The molecular formula is C21H32N6O7. The summed E-state index contributed by atoms with van der Waals surface area (Å²) in [4.78, 5) is 69.3. The van der Waals surface area contributed by atoms with Crippen LogP contribution in [0.5, 0.6) is 0 Å². The fourth-order valence-corrected chi connectivity index (χ4v) is 3.85. The lowest BCUT2D eigenvalue weighted by Gasteiger charge is -2.28. The van der Waals surface area contributed by atoms with E-state index in [4.69, 9.17) is 5.73 Å². The number of nitrogens with two attached hydrogens (primary N) is 1. The molecular weight excluding hydrogens is 448 g/mol. The minimum absolute atomic E-state index is 0.0125. The number of nitrogens with one attached hydrogen (secondary N) is 3. The zero-order valence-corrected chi connectivity index (χ0v) is 19.2. The minimum atomic E-state index is -1.50. The normalized spacial score (nSPS) is 18.2. The molecule has 0 saturated carbocycles. The van der Waals surface area contributed by atoms with Crippen molar-refractivity contribution in [3.63, 3.8) is 0 Å². The van der Waals surface area contributed by atoms with E-state index >= 15 is 0 Å².